The van der Waals surface area contributed by atoms with Crippen molar-refractivity contribution in [2.75, 3.05) is 12.3 Å². The summed E-state index contributed by atoms with van der Waals surface area (Å²) in [5, 5.41) is 0. The van der Waals surface area contributed by atoms with Crippen molar-refractivity contribution in [3.8, 4) is 0 Å². The molecule has 2 nitrogen and oxygen atoms in total. The Balaban J connectivity index is 1.60. The van der Waals surface area contributed by atoms with Gasteiger partial charge in [0, 0.05) is 12.3 Å². The van der Waals surface area contributed by atoms with Crippen LogP contribution in [0.4, 0.5) is 5.69 Å². The second-order valence-corrected chi connectivity index (χ2v) is 7.58. The smallest absolute Gasteiger partial charge is 0.0721 e. The van der Waals surface area contributed by atoms with Crippen molar-refractivity contribution in [3.63, 3.8) is 0 Å². The van der Waals surface area contributed by atoms with Crippen molar-refractivity contribution in [2.45, 2.75) is 63.9 Å². The van der Waals surface area contributed by atoms with Crippen LogP contribution in [0.2, 0.25) is 0 Å². The number of benzene rings is 1. The first-order valence-corrected chi connectivity index (χ1v) is 8.88. The van der Waals surface area contributed by atoms with Gasteiger partial charge in [0.2, 0.25) is 0 Å². The maximum atomic E-state index is 6.25. The van der Waals surface area contributed by atoms with Crippen LogP contribution in [-0.2, 0) is 11.2 Å². The van der Waals surface area contributed by atoms with Gasteiger partial charge in [-0.05, 0) is 98.6 Å². The Morgan fingerprint density at radius 3 is 2.77 bits per heavy atom. The Kier molecular flexibility index (Phi) is 3.53. The minimum Gasteiger partial charge on any atom is -0.398 e. The van der Waals surface area contributed by atoms with Crippen molar-refractivity contribution < 1.29 is 4.74 Å². The number of allylic oxidation sites excluding steroid dienone is 1. The predicted molar refractivity (Wildman–Crippen MR) is 91.8 cm³/mol. The normalized spacial score (nSPS) is 28.1. The summed E-state index contributed by atoms with van der Waals surface area (Å²) < 4.78 is 6.03. The fourth-order valence-electron chi connectivity index (χ4n) is 4.16. The van der Waals surface area contributed by atoms with Crippen LogP contribution in [0.1, 0.15) is 61.6 Å². The number of rotatable bonds is 3. The highest BCUT2D eigenvalue weighted by atomic mass is 16.5. The van der Waals surface area contributed by atoms with E-state index in [9.17, 15) is 0 Å². The lowest BCUT2D eigenvalue weighted by molar-refractivity contribution is -0.00159. The van der Waals surface area contributed by atoms with Crippen LogP contribution in [0.25, 0.3) is 5.57 Å². The maximum absolute atomic E-state index is 6.25. The van der Waals surface area contributed by atoms with E-state index in [4.69, 9.17) is 10.5 Å². The molecule has 1 saturated heterocycles. The van der Waals surface area contributed by atoms with Gasteiger partial charge in [0.15, 0.2) is 0 Å². The van der Waals surface area contributed by atoms with Crippen LogP contribution in [-0.4, -0.2) is 12.2 Å². The lowest BCUT2D eigenvalue weighted by Crippen LogP contribution is -2.29. The number of nitrogen functional groups attached to an aromatic ring is 1. The molecule has 2 fully saturated rings. The summed E-state index contributed by atoms with van der Waals surface area (Å²) in [6, 6.07) is 4.56. The molecule has 1 heterocycles. The molecule has 0 bridgehead atoms. The molecular weight excluding hydrogens is 270 g/mol. The lowest BCUT2D eigenvalue weighted by atomic mass is 9.80. The molecule has 2 heteroatoms. The molecule has 1 unspecified atom stereocenters. The number of hydrogen-bond acceptors (Lipinski definition) is 2. The molecule has 1 aromatic carbocycles. The topological polar surface area (TPSA) is 35.2 Å². The van der Waals surface area contributed by atoms with E-state index in [0.29, 0.717) is 0 Å². The molecule has 0 amide bonds. The zero-order valence-electron chi connectivity index (χ0n) is 13.7. The molecule has 1 aliphatic heterocycles. The Bertz CT molecular complexity index is 606. The van der Waals surface area contributed by atoms with E-state index in [1.54, 1.807) is 0 Å². The van der Waals surface area contributed by atoms with E-state index in [-0.39, 0.29) is 5.60 Å². The second-order valence-electron chi connectivity index (χ2n) is 7.58. The number of aryl methyl sites for hydroxylation is 1. The molecule has 4 rings (SSSR count). The first-order valence-electron chi connectivity index (χ1n) is 8.88. The third-order valence-corrected chi connectivity index (χ3v) is 5.79. The molecule has 1 spiro atoms. The summed E-state index contributed by atoms with van der Waals surface area (Å²) in [5.41, 5.74) is 13.0. The predicted octanol–water partition coefficient (Wildman–Crippen LogP) is 4.65. The van der Waals surface area contributed by atoms with Crippen molar-refractivity contribution in [3.05, 3.63) is 34.9 Å². The molecule has 2 N–H and O–H groups in total. The van der Waals surface area contributed by atoms with Gasteiger partial charge >= 0.3 is 0 Å². The second kappa shape index (κ2) is 5.42. The first kappa shape index (κ1) is 14.3. The SMILES string of the molecule is Cc1cc(N)c(CC2CC2)cc1C1=CCC2(CCCO2)CC1. The van der Waals surface area contributed by atoms with Gasteiger partial charge in [0.25, 0.3) is 0 Å². The molecular formula is C20H27NO. The monoisotopic (exact) mass is 297 g/mol. The number of hydrogen-bond donors (Lipinski definition) is 1. The summed E-state index contributed by atoms with van der Waals surface area (Å²) in [7, 11) is 0. The van der Waals surface area contributed by atoms with E-state index < -0.39 is 0 Å². The van der Waals surface area contributed by atoms with Crippen LogP contribution >= 0.6 is 0 Å². The fraction of sp³-hybridized carbons (Fsp3) is 0.600. The number of nitrogens with two attached hydrogens (primary N) is 1. The largest absolute Gasteiger partial charge is 0.398 e. The Morgan fingerprint density at radius 2 is 2.14 bits per heavy atom. The van der Waals surface area contributed by atoms with Crippen molar-refractivity contribution >= 4 is 11.3 Å². The summed E-state index contributed by atoms with van der Waals surface area (Å²) in [6.45, 7) is 3.15. The Labute approximate surface area is 133 Å². The fourth-order valence-corrected chi connectivity index (χ4v) is 4.16. The van der Waals surface area contributed by atoms with Gasteiger partial charge < -0.3 is 10.5 Å². The van der Waals surface area contributed by atoms with Gasteiger partial charge in [-0.15, -0.1) is 0 Å². The van der Waals surface area contributed by atoms with E-state index >= 15 is 0 Å². The summed E-state index contributed by atoms with van der Waals surface area (Å²) >= 11 is 0. The summed E-state index contributed by atoms with van der Waals surface area (Å²) in [6.07, 6.45) is 12.3. The van der Waals surface area contributed by atoms with Gasteiger partial charge in [0.05, 0.1) is 5.60 Å². The minimum absolute atomic E-state index is 0.169. The van der Waals surface area contributed by atoms with Gasteiger partial charge in [-0.25, -0.2) is 0 Å². The zero-order chi connectivity index (χ0) is 15.2. The third-order valence-electron chi connectivity index (χ3n) is 5.79. The Hall–Kier alpha value is -1.28. The van der Waals surface area contributed by atoms with Crippen LogP contribution < -0.4 is 5.73 Å². The first-order chi connectivity index (χ1) is 10.7. The molecule has 3 aliphatic rings. The summed E-state index contributed by atoms with van der Waals surface area (Å²) in [5.74, 6) is 0.883. The minimum atomic E-state index is 0.169. The van der Waals surface area contributed by atoms with Gasteiger partial charge in [-0.1, -0.05) is 6.08 Å². The van der Waals surface area contributed by atoms with Gasteiger partial charge in [-0.2, -0.15) is 0 Å². The molecule has 1 aromatic rings. The highest BCUT2D eigenvalue weighted by molar-refractivity contribution is 5.72. The quantitative estimate of drug-likeness (QED) is 0.824. The van der Waals surface area contributed by atoms with Crippen LogP contribution in [0, 0.1) is 12.8 Å². The van der Waals surface area contributed by atoms with Crippen LogP contribution in [0.15, 0.2) is 18.2 Å². The average Bonchev–Trinajstić information content (AvgIpc) is 3.22. The van der Waals surface area contributed by atoms with Crippen molar-refractivity contribution in [2.24, 2.45) is 5.92 Å². The number of ether oxygens (including phenoxy) is 1. The molecule has 1 atom stereocenters. The van der Waals surface area contributed by atoms with Crippen molar-refractivity contribution in [1.29, 1.82) is 0 Å². The zero-order valence-corrected chi connectivity index (χ0v) is 13.7. The lowest BCUT2D eigenvalue weighted by Gasteiger charge is -2.32. The van der Waals surface area contributed by atoms with Crippen LogP contribution in [0.5, 0.6) is 0 Å². The highest BCUT2D eigenvalue weighted by Crippen LogP contribution is 2.42. The van der Waals surface area contributed by atoms with E-state index in [1.165, 1.54) is 60.8 Å². The summed E-state index contributed by atoms with van der Waals surface area (Å²) in [4.78, 5) is 0. The average molecular weight is 297 g/mol. The third kappa shape index (κ3) is 2.69. The molecule has 0 aromatic heterocycles. The van der Waals surface area contributed by atoms with Gasteiger partial charge in [0.1, 0.15) is 0 Å². The van der Waals surface area contributed by atoms with Crippen molar-refractivity contribution in [1.82, 2.24) is 0 Å². The Morgan fingerprint density at radius 1 is 1.27 bits per heavy atom. The molecule has 118 valence electrons. The van der Waals surface area contributed by atoms with Gasteiger partial charge in [-0.3, -0.25) is 0 Å². The molecule has 2 aliphatic carbocycles. The maximum Gasteiger partial charge on any atom is 0.0721 e. The van der Waals surface area contributed by atoms with E-state index in [1.807, 2.05) is 0 Å². The molecule has 0 radical (unpaired) electrons. The standard InChI is InChI=1S/C20H27NO/c1-14-11-19(21)17(12-15-3-4-15)13-18(14)16-5-8-20(9-6-16)7-2-10-22-20/h5,11,13,15H,2-4,6-10,12,21H2,1H3. The van der Waals surface area contributed by atoms with E-state index in [0.717, 1.165) is 31.1 Å². The molecule has 1 saturated carbocycles. The van der Waals surface area contributed by atoms with Crippen LogP contribution in [0.3, 0.4) is 0 Å². The number of anilines is 1. The van der Waals surface area contributed by atoms with E-state index in [2.05, 4.69) is 25.1 Å². The molecule has 22 heavy (non-hydrogen) atoms. The highest BCUT2D eigenvalue weighted by Gasteiger charge is 2.36.